The Morgan fingerprint density at radius 1 is 1.10 bits per heavy atom. The number of aliphatic hydroxyl groups excluding tert-OH is 1. The smallest absolute Gasteiger partial charge is 0.327 e. The number of nitrogens with one attached hydrogen (secondary N) is 2. The van der Waals surface area contributed by atoms with Gasteiger partial charge in [0, 0.05) is 10.7 Å². The molecule has 0 fully saturated rings. The molecule has 29 heavy (non-hydrogen) atoms. The van der Waals surface area contributed by atoms with E-state index >= 15 is 0 Å². The van der Waals surface area contributed by atoms with Crippen LogP contribution < -0.4 is 10.0 Å². The molecule has 0 spiro atoms. The maximum Gasteiger partial charge on any atom is 0.327 e. The van der Waals surface area contributed by atoms with Crippen LogP contribution >= 0.6 is 11.6 Å². The van der Waals surface area contributed by atoms with Crippen molar-refractivity contribution in [3.63, 3.8) is 0 Å². The quantitative estimate of drug-likeness (QED) is 0.538. The lowest BCUT2D eigenvalue weighted by molar-refractivity contribution is -0.151. The third-order valence-corrected chi connectivity index (χ3v) is 5.53. The maximum atomic E-state index is 12.4. The molecule has 2 rings (SSSR count). The Labute approximate surface area is 173 Å². The van der Waals surface area contributed by atoms with Gasteiger partial charge in [0.2, 0.25) is 10.0 Å². The van der Waals surface area contributed by atoms with E-state index in [1.807, 2.05) is 6.92 Å². The first-order valence-electron chi connectivity index (χ1n) is 8.57. The molecule has 2 atom stereocenters. The molecule has 0 unspecified atom stereocenters. The predicted octanol–water partition coefficient (Wildman–Crippen LogP) is 1.86. The number of aliphatic hydroxyl groups is 1. The molecule has 1 amide bonds. The number of halogens is 1. The summed E-state index contributed by atoms with van der Waals surface area (Å²) in [6.07, 6.45) is -1.40. The largest absolute Gasteiger partial charge is 0.454 e. The van der Waals surface area contributed by atoms with Crippen LogP contribution in [0.25, 0.3) is 0 Å². The fourth-order valence-corrected chi connectivity index (χ4v) is 3.64. The molecule has 2 aromatic carbocycles. The minimum Gasteiger partial charge on any atom is -0.454 e. The summed E-state index contributed by atoms with van der Waals surface area (Å²) in [7, 11) is -4.13. The number of rotatable bonds is 8. The van der Waals surface area contributed by atoms with Crippen molar-refractivity contribution in [2.45, 2.75) is 30.9 Å². The highest BCUT2D eigenvalue weighted by molar-refractivity contribution is 7.89. The third kappa shape index (κ3) is 6.82. The molecule has 8 nitrogen and oxygen atoms in total. The highest BCUT2D eigenvalue weighted by Crippen LogP contribution is 2.15. The molecule has 0 heterocycles. The van der Waals surface area contributed by atoms with Crippen LogP contribution in [0.2, 0.25) is 5.02 Å². The summed E-state index contributed by atoms with van der Waals surface area (Å²) in [4.78, 5) is 24.0. The highest BCUT2D eigenvalue weighted by Gasteiger charge is 2.31. The van der Waals surface area contributed by atoms with Crippen LogP contribution in [0.15, 0.2) is 53.4 Å². The monoisotopic (exact) mass is 440 g/mol. The van der Waals surface area contributed by atoms with Crippen molar-refractivity contribution >= 4 is 39.2 Å². The van der Waals surface area contributed by atoms with Gasteiger partial charge < -0.3 is 15.2 Å². The number of carbonyl (C=O) groups excluding carboxylic acids is 2. The van der Waals surface area contributed by atoms with E-state index in [4.69, 9.17) is 16.3 Å². The van der Waals surface area contributed by atoms with Gasteiger partial charge in [-0.2, -0.15) is 4.72 Å². The number of aryl methyl sites for hydroxylation is 1. The maximum absolute atomic E-state index is 12.4. The van der Waals surface area contributed by atoms with E-state index < -0.39 is 40.7 Å². The highest BCUT2D eigenvalue weighted by atomic mass is 35.5. The van der Waals surface area contributed by atoms with Gasteiger partial charge in [-0.05, 0) is 50.2 Å². The molecular formula is C19H21ClN2O6S. The minimum absolute atomic E-state index is 0.141. The zero-order valence-corrected chi connectivity index (χ0v) is 17.3. The molecule has 0 aliphatic carbocycles. The summed E-state index contributed by atoms with van der Waals surface area (Å²) in [6.45, 7) is 2.48. The number of hydrogen-bond acceptors (Lipinski definition) is 6. The second kappa shape index (κ2) is 9.84. The first kappa shape index (κ1) is 22.8. The van der Waals surface area contributed by atoms with Gasteiger partial charge in [0.05, 0.1) is 11.0 Å². The summed E-state index contributed by atoms with van der Waals surface area (Å²) in [5.74, 6) is -1.69. The Balaban J connectivity index is 1.99. The molecule has 0 bridgehead atoms. The summed E-state index contributed by atoms with van der Waals surface area (Å²) in [5, 5.41) is 12.7. The lowest BCUT2D eigenvalue weighted by atomic mass is 10.2. The van der Waals surface area contributed by atoms with Gasteiger partial charge >= 0.3 is 5.97 Å². The third-order valence-electron chi connectivity index (χ3n) is 3.82. The number of hydrogen-bond donors (Lipinski definition) is 3. The Morgan fingerprint density at radius 2 is 1.69 bits per heavy atom. The van der Waals surface area contributed by atoms with Crippen LogP contribution in [0.1, 0.15) is 12.5 Å². The number of sulfonamides is 1. The Hall–Kier alpha value is -2.46. The first-order chi connectivity index (χ1) is 13.6. The van der Waals surface area contributed by atoms with E-state index in [1.165, 1.54) is 31.2 Å². The second-order valence-electron chi connectivity index (χ2n) is 6.32. The Bertz CT molecular complexity index is 959. The zero-order chi connectivity index (χ0) is 21.6. The normalized spacial score (nSPS) is 13.4. The van der Waals surface area contributed by atoms with E-state index in [2.05, 4.69) is 10.0 Å². The summed E-state index contributed by atoms with van der Waals surface area (Å²) in [5.41, 5.74) is 1.54. The van der Waals surface area contributed by atoms with E-state index in [-0.39, 0.29) is 4.90 Å². The van der Waals surface area contributed by atoms with Gasteiger partial charge in [0.1, 0.15) is 6.04 Å². The lowest BCUT2D eigenvalue weighted by Gasteiger charge is -2.20. The van der Waals surface area contributed by atoms with Crippen molar-refractivity contribution in [1.29, 1.82) is 0 Å². The SMILES string of the molecule is Cc1ccc(NC(=O)COC(=O)[C@@H](NS(=O)(=O)c2ccc(Cl)cc2)[C@@H](C)O)cc1. The van der Waals surface area contributed by atoms with Crippen molar-refractivity contribution in [3.8, 4) is 0 Å². The van der Waals surface area contributed by atoms with Crippen molar-refractivity contribution in [2.24, 2.45) is 0 Å². The summed E-state index contributed by atoms with van der Waals surface area (Å²) < 4.78 is 31.8. The van der Waals surface area contributed by atoms with E-state index in [0.717, 1.165) is 5.56 Å². The van der Waals surface area contributed by atoms with E-state index in [9.17, 15) is 23.1 Å². The number of esters is 1. The fourth-order valence-electron chi connectivity index (χ4n) is 2.25. The van der Waals surface area contributed by atoms with Crippen molar-refractivity contribution in [3.05, 3.63) is 59.1 Å². The van der Waals surface area contributed by atoms with Crippen molar-refractivity contribution < 1.29 is 27.9 Å². The van der Waals surface area contributed by atoms with Crippen LogP contribution in [0.4, 0.5) is 5.69 Å². The molecular weight excluding hydrogens is 420 g/mol. The van der Waals surface area contributed by atoms with Crippen LogP contribution in [-0.4, -0.2) is 44.2 Å². The number of amides is 1. The molecule has 0 aromatic heterocycles. The molecule has 3 N–H and O–H groups in total. The molecule has 0 saturated carbocycles. The Kier molecular flexibility index (Phi) is 7.74. The summed E-state index contributed by atoms with van der Waals surface area (Å²) >= 11 is 5.74. The van der Waals surface area contributed by atoms with Gasteiger partial charge in [-0.1, -0.05) is 29.3 Å². The standard InChI is InChI=1S/C19H21ClN2O6S/c1-12-3-7-15(8-4-12)21-17(24)11-28-19(25)18(13(2)23)22-29(26,27)16-9-5-14(20)6-10-16/h3-10,13,18,22-23H,11H2,1-2H3,(H,21,24)/t13-,18+/m1/s1. The molecule has 0 radical (unpaired) electrons. The van der Waals surface area contributed by atoms with Crippen molar-refractivity contribution in [1.82, 2.24) is 4.72 Å². The zero-order valence-electron chi connectivity index (χ0n) is 15.8. The van der Waals surface area contributed by atoms with Gasteiger partial charge in [-0.3, -0.25) is 9.59 Å². The number of carbonyl (C=O) groups is 2. The van der Waals surface area contributed by atoms with E-state index in [1.54, 1.807) is 24.3 Å². The van der Waals surface area contributed by atoms with Gasteiger partial charge in [-0.25, -0.2) is 8.42 Å². The average molecular weight is 441 g/mol. The first-order valence-corrected chi connectivity index (χ1v) is 10.4. The van der Waals surface area contributed by atoms with Gasteiger partial charge in [0.25, 0.3) is 5.91 Å². The summed E-state index contributed by atoms with van der Waals surface area (Å²) in [6, 6.07) is 10.6. The molecule has 2 aromatic rings. The topological polar surface area (TPSA) is 122 Å². The molecule has 10 heteroatoms. The number of ether oxygens (including phenoxy) is 1. The molecule has 0 saturated heterocycles. The van der Waals surface area contributed by atoms with Crippen LogP contribution in [0.5, 0.6) is 0 Å². The lowest BCUT2D eigenvalue weighted by Crippen LogP contribution is -2.48. The van der Waals surface area contributed by atoms with Gasteiger partial charge in [0.15, 0.2) is 6.61 Å². The van der Waals surface area contributed by atoms with Crippen molar-refractivity contribution in [2.75, 3.05) is 11.9 Å². The molecule has 0 aliphatic rings. The minimum atomic E-state index is -4.13. The fraction of sp³-hybridized carbons (Fsp3) is 0.263. The second-order valence-corrected chi connectivity index (χ2v) is 8.47. The van der Waals surface area contributed by atoms with Crippen LogP contribution in [-0.2, 0) is 24.3 Å². The molecule has 0 aliphatic heterocycles. The Morgan fingerprint density at radius 3 is 2.24 bits per heavy atom. The van der Waals surface area contributed by atoms with Gasteiger partial charge in [-0.15, -0.1) is 0 Å². The number of benzene rings is 2. The van der Waals surface area contributed by atoms with E-state index in [0.29, 0.717) is 10.7 Å². The average Bonchev–Trinajstić information content (AvgIpc) is 2.66. The molecule has 156 valence electrons. The predicted molar refractivity (Wildman–Crippen MR) is 108 cm³/mol. The number of anilines is 1. The van der Waals surface area contributed by atoms with Crippen LogP contribution in [0.3, 0.4) is 0 Å². The van der Waals surface area contributed by atoms with Crippen LogP contribution in [0, 0.1) is 6.92 Å².